The van der Waals surface area contributed by atoms with Crippen molar-refractivity contribution >= 4 is 0 Å². The molecule has 2 heteroatoms. The zero-order valence-corrected chi connectivity index (χ0v) is 12.5. The lowest BCUT2D eigenvalue weighted by molar-refractivity contribution is 0.334. The van der Waals surface area contributed by atoms with Crippen LogP contribution in [0.15, 0.2) is 42.5 Å². The van der Waals surface area contributed by atoms with Gasteiger partial charge >= 0.3 is 0 Å². The smallest absolute Gasteiger partial charge is 0.124 e. The molecule has 2 rings (SSSR count). The number of hydrogen-bond acceptors (Lipinski definition) is 2. The first-order valence-corrected chi connectivity index (χ1v) is 7.15. The maximum Gasteiger partial charge on any atom is 0.124 e. The summed E-state index contributed by atoms with van der Waals surface area (Å²) in [6.07, 6.45) is 0.825. The molecule has 0 aromatic heterocycles. The quantitative estimate of drug-likeness (QED) is 0.892. The van der Waals surface area contributed by atoms with Gasteiger partial charge < -0.3 is 10.5 Å². The molecule has 1 atom stereocenters. The number of aryl methyl sites for hydroxylation is 2. The maximum absolute atomic E-state index is 6.37. The Balaban J connectivity index is 2.19. The molecule has 2 nitrogen and oxygen atoms in total. The van der Waals surface area contributed by atoms with E-state index in [0.29, 0.717) is 6.61 Å². The summed E-state index contributed by atoms with van der Waals surface area (Å²) in [5.74, 6) is 0.895. The van der Waals surface area contributed by atoms with Crippen LogP contribution in [0, 0.1) is 13.8 Å². The summed E-state index contributed by atoms with van der Waals surface area (Å²) in [5.41, 5.74) is 11.3. The predicted molar refractivity (Wildman–Crippen MR) is 84.2 cm³/mol. The van der Waals surface area contributed by atoms with Crippen LogP contribution in [-0.4, -0.2) is 6.61 Å². The third-order valence-corrected chi connectivity index (χ3v) is 3.65. The molecule has 106 valence electrons. The standard InChI is InChI=1S/C18H23NO/c1-4-20-18-8-6-5-7-16(18)17(19)12-15-10-9-13(2)14(3)11-15/h5-11,17H,4,12,19H2,1-3H3. The number of rotatable bonds is 5. The third kappa shape index (κ3) is 3.40. The van der Waals surface area contributed by atoms with Gasteiger partial charge in [-0.3, -0.25) is 0 Å². The van der Waals surface area contributed by atoms with Crippen LogP contribution in [0.25, 0.3) is 0 Å². The first kappa shape index (κ1) is 14.6. The summed E-state index contributed by atoms with van der Waals surface area (Å²) < 4.78 is 5.66. The van der Waals surface area contributed by atoms with Crippen LogP contribution in [0.2, 0.25) is 0 Å². The van der Waals surface area contributed by atoms with Gasteiger partial charge in [-0.25, -0.2) is 0 Å². The molecular weight excluding hydrogens is 246 g/mol. The molecule has 0 aliphatic carbocycles. The SMILES string of the molecule is CCOc1ccccc1C(N)Cc1ccc(C)c(C)c1. The molecule has 0 aliphatic heterocycles. The molecule has 2 aromatic rings. The Bertz CT molecular complexity index is 577. The monoisotopic (exact) mass is 269 g/mol. The Morgan fingerprint density at radius 2 is 1.80 bits per heavy atom. The molecule has 20 heavy (non-hydrogen) atoms. The summed E-state index contributed by atoms with van der Waals surface area (Å²) in [7, 11) is 0. The molecule has 0 amide bonds. The molecule has 0 aliphatic rings. The van der Waals surface area contributed by atoms with Gasteiger partial charge in [0.2, 0.25) is 0 Å². The van der Waals surface area contributed by atoms with E-state index in [1.165, 1.54) is 16.7 Å². The molecule has 2 N–H and O–H groups in total. The van der Waals surface area contributed by atoms with Gasteiger partial charge in [-0.1, -0.05) is 36.4 Å². The Morgan fingerprint density at radius 1 is 1.05 bits per heavy atom. The number of ether oxygens (including phenoxy) is 1. The van der Waals surface area contributed by atoms with E-state index in [0.717, 1.165) is 17.7 Å². The van der Waals surface area contributed by atoms with E-state index in [9.17, 15) is 0 Å². The lowest BCUT2D eigenvalue weighted by atomic mass is 9.96. The minimum atomic E-state index is -0.0418. The Kier molecular flexibility index (Phi) is 4.80. The zero-order chi connectivity index (χ0) is 14.5. The number of benzene rings is 2. The molecular formula is C18H23NO. The average Bonchev–Trinajstić information content (AvgIpc) is 2.44. The fourth-order valence-corrected chi connectivity index (χ4v) is 2.37. The van der Waals surface area contributed by atoms with E-state index in [1.54, 1.807) is 0 Å². The van der Waals surface area contributed by atoms with Crippen molar-refractivity contribution in [2.75, 3.05) is 6.61 Å². The minimum absolute atomic E-state index is 0.0418. The summed E-state index contributed by atoms with van der Waals surface area (Å²) in [6, 6.07) is 14.5. The molecule has 0 heterocycles. The minimum Gasteiger partial charge on any atom is -0.494 e. The van der Waals surface area contributed by atoms with E-state index in [1.807, 2.05) is 25.1 Å². The second kappa shape index (κ2) is 6.58. The van der Waals surface area contributed by atoms with Crippen molar-refractivity contribution < 1.29 is 4.74 Å². The second-order valence-electron chi connectivity index (χ2n) is 5.20. The molecule has 0 fully saturated rings. The highest BCUT2D eigenvalue weighted by atomic mass is 16.5. The highest BCUT2D eigenvalue weighted by molar-refractivity contribution is 5.38. The van der Waals surface area contributed by atoms with Gasteiger partial charge in [0.1, 0.15) is 5.75 Å². The van der Waals surface area contributed by atoms with Crippen LogP contribution in [0.1, 0.15) is 35.2 Å². The van der Waals surface area contributed by atoms with Crippen molar-refractivity contribution in [3.05, 3.63) is 64.7 Å². The van der Waals surface area contributed by atoms with Crippen molar-refractivity contribution in [2.24, 2.45) is 5.73 Å². The van der Waals surface area contributed by atoms with Gasteiger partial charge in [-0.15, -0.1) is 0 Å². The fraction of sp³-hybridized carbons (Fsp3) is 0.333. The highest BCUT2D eigenvalue weighted by Crippen LogP contribution is 2.26. The van der Waals surface area contributed by atoms with E-state index >= 15 is 0 Å². The van der Waals surface area contributed by atoms with Gasteiger partial charge in [0.05, 0.1) is 6.61 Å². The Hall–Kier alpha value is -1.80. The van der Waals surface area contributed by atoms with Crippen molar-refractivity contribution in [3.63, 3.8) is 0 Å². The molecule has 0 saturated carbocycles. The maximum atomic E-state index is 6.37. The van der Waals surface area contributed by atoms with Gasteiger partial charge in [0, 0.05) is 11.6 Å². The largest absolute Gasteiger partial charge is 0.494 e. The highest BCUT2D eigenvalue weighted by Gasteiger charge is 2.12. The van der Waals surface area contributed by atoms with E-state index in [4.69, 9.17) is 10.5 Å². The first-order chi connectivity index (χ1) is 9.61. The van der Waals surface area contributed by atoms with Crippen LogP contribution in [0.5, 0.6) is 5.75 Å². The molecule has 0 radical (unpaired) electrons. The topological polar surface area (TPSA) is 35.2 Å². The average molecular weight is 269 g/mol. The van der Waals surface area contributed by atoms with Crippen LogP contribution < -0.4 is 10.5 Å². The fourth-order valence-electron chi connectivity index (χ4n) is 2.37. The van der Waals surface area contributed by atoms with Crippen molar-refractivity contribution in [1.82, 2.24) is 0 Å². The Morgan fingerprint density at radius 3 is 2.50 bits per heavy atom. The van der Waals surface area contributed by atoms with Gasteiger partial charge in [0.25, 0.3) is 0 Å². The summed E-state index contributed by atoms with van der Waals surface area (Å²) in [5, 5.41) is 0. The van der Waals surface area contributed by atoms with E-state index in [2.05, 4.69) is 38.1 Å². The van der Waals surface area contributed by atoms with Crippen LogP contribution in [-0.2, 0) is 6.42 Å². The van der Waals surface area contributed by atoms with Crippen LogP contribution >= 0.6 is 0 Å². The van der Waals surface area contributed by atoms with E-state index < -0.39 is 0 Å². The van der Waals surface area contributed by atoms with Crippen LogP contribution in [0.3, 0.4) is 0 Å². The van der Waals surface area contributed by atoms with Crippen molar-refractivity contribution in [2.45, 2.75) is 33.2 Å². The second-order valence-corrected chi connectivity index (χ2v) is 5.20. The van der Waals surface area contributed by atoms with Crippen molar-refractivity contribution in [1.29, 1.82) is 0 Å². The molecule has 1 unspecified atom stereocenters. The van der Waals surface area contributed by atoms with Crippen LogP contribution in [0.4, 0.5) is 0 Å². The summed E-state index contributed by atoms with van der Waals surface area (Å²) in [6.45, 7) is 6.92. The van der Waals surface area contributed by atoms with Gasteiger partial charge in [-0.2, -0.15) is 0 Å². The molecule has 2 aromatic carbocycles. The molecule has 0 spiro atoms. The third-order valence-electron chi connectivity index (χ3n) is 3.65. The number of nitrogens with two attached hydrogens (primary N) is 1. The molecule has 0 bridgehead atoms. The summed E-state index contributed by atoms with van der Waals surface area (Å²) >= 11 is 0. The predicted octanol–water partition coefficient (Wildman–Crippen LogP) is 3.94. The van der Waals surface area contributed by atoms with E-state index in [-0.39, 0.29) is 6.04 Å². The Labute approximate surface area is 121 Å². The zero-order valence-electron chi connectivity index (χ0n) is 12.5. The normalized spacial score (nSPS) is 12.2. The lowest BCUT2D eigenvalue weighted by Crippen LogP contribution is -2.15. The van der Waals surface area contributed by atoms with Crippen molar-refractivity contribution in [3.8, 4) is 5.75 Å². The number of para-hydroxylation sites is 1. The summed E-state index contributed by atoms with van der Waals surface area (Å²) in [4.78, 5) is 0. The first-order valence-electron chi connectivity index (χ1n) is 7.15. The lowest BCUT2D eigenvalue weighted by Gasteiger charge is -2.17. The number of hydrogen-bond donors (Lipinski definition) is 1. The molecule has 0 saturated heterocycles. The van der Waals surface area contributed by atoms with Gasteiger partial charge in [0.15, 0.2) is 0 Å². The van der Waals surface area contributed by atoms with Gasteiger partial charge in [-0.05, 0) is 49.9 Å².